The number of hydrogen-bond acceptors (Lipinski definition) is 4. The summed E-state index contributed by atoms with van der Waals surface area (Å²) in [4.78, 5) is 11.3. The Morgan fingerprint density at radius 3 is 2.62 bits per heavy atom. The zero-order chi connectivity index (χ0) is 18.6. The molecule has 0 saturated carbocycles. The minimum atomic E-state index is -0.616. The molecule has 0 aliphatic carbocycles. The van der Waals surface area contributed by atoms with E-state index in [1.54, 1.807) is 19.2 Å². The maximum atomic E-state index is 13.0. The van der Waals surface area contributed by atoms with Crippen LogP contribution in [0.5, 0.6) is 11.5 Å². The van der Waals surface area contributed by atoms with E-state index in [2.05, 4.69) is 5.32 Å². The maximum absolute atomic E-state index is 13.0. The summed E-state index contributed by atoms with van der Waals surface area (Å²) in [5, 5.41) is 2.82. The molecule has 6 heteroatoms. The molecule has 1 N–H and O–H groups in total. The van der Waals surface area contributed by atoms with Crippen LogP contribution in [0.2, 0.25) is 0 Å². The Morgan fingerprint density at radius 2 is 1.96 bits per heavy atom. The highest BCUT2D eigenvalue weighted by Gasteiger charge is 2.33. The van der Waals surface area contributed by atoms with Gasteiger partial charge in [0.15, 0.2) is 11.5 Å². The maximum Gasteiger partial charge on any atom is 0.246 e. The first-order valence-electron chi connectivity index (χ1n) is 8.46. The van der Waals surface area contributed by atoms with Crippen LogP contribution in [0.4, 0.5) is 4.39 Å². The summed E-state index contributed by atoms with van der Waals surface area (Å²) >= 11 is 0. The van der Waals surface area contributed by atoms with Crippen LogP contribution in [-0.4, -0.2) is 32.8 Å². The first-order chi connectivity index (χ1) is 12.5. The number of rotatable bonds is 6. The van der Waals surface area contributed by atoms with Crippen molar-refractivity contribution < 1.29 is 23.4 Å². The second-order valence-corrected chi connectivity index (χ2v) is 6.39. The van der Waals surface area contributed by atoms with Crippen LogP contribution >= 0.6 is 0 Å². The number of halogens is 1. The zero-order valence-corrected chi connectivity index (χ0v) is 14.9. The molecule has 3 rings (SSSR count). The molecule has 1 saturated heterocycles. The van der Waals surface area contributed by atoms with Crippen molar-refractivity contribution in [2.75, 3.05) is 26.9 Å². The highest BCUT2D eigenvalue weighted by Crippen LogP contribution is 2.34. The van der Waals surface area contributed by atoms with Crippen molar-refractivity contribution in [2.45, 2.75) is 18.9 Å². The van der Waals surface area contributed by atoms with Gasteiger partial charge in [-0.2, -0.15) is 0 Å². The molecule has 0 spiro atoms. The Morgan fingerprint density at radius 1 is 1.19 bits per heavy atom. The number of amides is 1. The molecular formula is C20H22FNO4. The van der Waals surface area contributed by atoms with E-state index in [-0.39, 0.29) is 18.3 Å². The fourth-order valence-corrected chi connectivity index (χ4v) is 2.83. The summed E-state index contributed by atoms with van der Waals surface area (Å²) in [5.41, 5.74) is 1.27. The quantitative estimate of drug-likeness (QED) is 0.862. The summed E-state index contributed by atoms with van der Waals surface area (Å²) in [6.45, 7) is 2.78. The Labute approximate surface area is 152 Å². The molecule has 1 aliphatic rings. The van der Waals surface area contributed by atoms with Gasteiger partial charge < -0.3 is 19.5 Å². The van der Waals surface area contributed by atoms with Crippen LogP contribution in [0.15, 0.2) is 42.5 Å². The molecule has 2 aromatic rings. The minimum absolute atomic E-state index is 0.0310. The Bertz CT molecular complexity index is 766. The number of ether oxygens (including phenoxy) is 3. The van der Waals surface area contributed by atoms with Gasteiger partial charge in [0.2, 0.25) is 5.91 Å². The third kappa shape index (κ3) is 4.14. The minimum Gasteiger partial charge on any atom is -0.493 e. The van der Waals surface area contributed by atoms with E-state index >= 15 is 0 Å². The average molecular weight is 359 g/mol. The van der Waals surface area contributed by atoms with Gasteiger partial charge in [-0.05, 0) is 42.3 Å². The second kappa shape index (κ2) is 7.74. The van der Waals surface area contributed by atoms with E-state index < -0.39 is 5.60 Å². The Hall–Kier alpha value is -2.60. The fourth-order valence-electron chi connectivity index (χ4n) is 2.83. The van der Waals surface area contributed by atoms with Crippen LogP contribution in [0.1, 0.15) is 18.1 Å². The number of benzene rings is 2. The van der Waals surface area contributed by atoms with E-state index in [0.717, 1.165) is 11.1 Å². The van der Waals surface area contributed by atoms with E-state index in [4.69, 9.17) is 14.2 Å². The van der Waals surface area contributed by atoms with Gasteiger partial charge in [0.25, 0.3) is 0 Å². The molecule has 138 valence electrons. The molecule has 1 aliphatic heterocycles. The zero-order valence-electron chi connectivity index (χ0n) is 14.9. The van der Waals surface area contributed by atoms with Crippen LogP contribution in [-0.2, 0) is 21.6 Å². The monoisotopic (exact) mass is 359 g/mol. The topological polar surface area (TPSA) is 56.8 Å². The predicted octanol–water partition coefficient (Wildman–Crippen LogP) is 2.82. The summed E-state index contributed by atoms with van der Waals surface area (Å²) < 4.78 is 30.0. The van der Waals surface area contributed by atoms with E-state index in [1.807, 2.05) is 25.1 Å². The van der Waals surface area contributed by atoms with Crippen molar-refractivity contribution in [3.8, 4) is 11.5 Å². The lowest BCUT2D eigenvalue weighted by Gasteiger charge is -2.34. The van der Waals surface area contributed by atoms with Gasteiger partial charge in [-0.3, -0.25) is 4.79 Å². The van der Waals surface area contributed by atoms with Gasteiger partial charge in [0, 0.05) is 6.42 Å². The number of morpholine rings is 1. The fraction of sp³-hybridized carbons (Fsp3) is 0.350. The summed E-state index contributed by atoms with van der Waals surface area (Å²) in [6, 6.07) is 12.0. The highest BCUT2D eigenvalue weighted by atomic mass is 19.1. The standard InChI is InChI=1S/C20H22FNO4/c1-20(13-22-19(23)12-26-20)15-5-8-17(24-2)18(11-15)25-10-9-14-3-6-16(21)7-4-14/h3-8,11H,9-10,12-13H2,1-2H3,(H,22,23). The van der Waals surface area contributed by atoms with Crippen molar-refractivity contribution in [1.29, 1.82) is 0 Å². The smallest absolute Gasteiger partial charge is 0.246 e. The predicted molar refractivity (Wildman–Crippen MR) is 94.9 cm³/mol. The van der Waals surface area contributed by atoms with Gasteiger partial charge in [-0.1, -0.05) is 18.2 Å². The summed E-state index contributed by atoms with van der Waals surface area (Å²) in [5.74, 6) is 0.855. The SMILES string of the molecule is COc1ccc(C2(C)CNC(=O)CO2)cc1OCCc1ccc(F)cc1. The normalized spacial score (nSPS) is 19.7. The van der Waals surface area contributed by atoms with Gasteiger partial charge in [0.1, 0.15) is 18.0 Å². The van der Waals surface area contributed by atoms with Crippen molar-refractivity contribution in [1.82, 2.24) is 5.32 Å². The lowest BCUT2D eigenvalue weighted by Crippen LogP contribution is -2.48. The molecule has 1 fully saturated rings. The number of nitrogens with one attached hydrogen (secondary N) is 1. The lowest BCUT2D eigenvalue weighted by atomic mass is 9.94. The van der Waals surface area contributed by atoms with Crippen molar-refractivity contribution in [3.05, 3.63) is 59.4 Å². The molecule has 0 bridgehead atoms. The van der Waals surface area contributed by atoms with E-state index in [9.17, 15) is 9.18 Å². The Kier molecular flexibility index (Phi) is 5.42. The van der Waals surface area contributed by atoms with Crippen molar-refractivity contribution >= 4 is 5.91 Å². The molecule has 1 atom stereocenters. The van der Waals surface area contributed by atoms with Gasteiger partial charge in [0.05, 0.1) is 20.3 Å². The van der Waals surface area contributed by atoms with Crippen molar-refractivity contribution in [3.63, 3.8) is 0 Å². The third-order valence-electron chi connectivity index (χ3n) is 4.48. The summed E-state index contributed by atoms with van der Waals surface area (Å²) in [7, 11) is 1.58. The average Bonchev–Trinajstić information content (AvgIpc) is 2.66. The van der Waals surface area contributed by atoms with E-state index in [1.165, 1.54) is 12.1 Å². The van der Waals surface area contributed by atoms with Crippen LogP contribution in [0, 0.1) is 5.82 Å². The summed E-state index contributed by atoms with van der Waals surface area (Å²) in [6.07, 6.45) is 0.650. The highest BCUT2D eigenvalue weighted by molar-refractivity contribution is 5.78. The number of carbonyl (C=O) groups excluding carboxylic acids is 1. The molecule has 1 heterocycles. The van der Waals surface area contributed by atoms with Crippen LogP contribution in [0.3, 0.4) is 0 Å². The molecule has 26 heavy (non-hydrogen) atoms. The first kappa shape index (κ1) is 18.2. The number of carbonyl (C=O) groups is 1. The van der Waals surface area contributed by atoms with Gasteiger partial charge in [-0.25, -0.2) is 4.39 Å². The molecule has 0 aromatic heterocycles. The van der Waals surface area contributed by atoms with Crippen molar-refractivity contribution in [2.24, 2.45) is 0 Å². The molecule has 2 aromatic carbocycles. The lowest BCUT2D eigenvalue weighted by molar-refractivity contribution is -0.142. The van der Waals surface area contributed by atoms with Crippen LogP contribution < -0.4 is 14.8 Å². The molecule has 0 radical (unpaired) electrons. The largest absolute Gasteiger partial charge is 0.493 e. The van der Waals surface area contributed by atoms with Gasteiger partial charge in [-0.15, -0.1) is 0 Å². The first-order valence-corrected chi connectivity index (χ1v) is 8.46. The number of hydrogen-bond donors (Lipinski definition) is 1. The second-order valence-electron chi connectivity index (χ2n) is 6.39. The van der Waals surface area contributed by atoms with Crippen LogP contribution in [0.25, 0.3) is 0 Å². The molecule has 5 nitrogen and oxygen atoms in total. The van der Waals surface area contributed by atoms with E-state index in [0.29, 0.717) is 31.1 Å². The molecule has 1 amide bonds. The van der Waals surface area contributed by atoms with Gasteiger partial charge >= 0.3 is 0 Å². The Balaban J connectivity index is 1.71. The molecule has 1 unspecified atom stereocenters. The third-order valence-corrected chi connectivity index (χ3v) is 4.48. The molecular weight excluding hydrogens is 337 g/mol. The number of methoxy groups -OCH3 is 1.